The molecule has 0 aliphatic heterocycles. The number of hydrogen-bond acceptors (Lipinski definition) is 7. The summed E-state index contributed by atoms with van der Waals surface area (Å²) in [5, 5.41) is 0. The van der Waals surface area contributed by atoms with Crippen molar-refractivity contribution < 1.29 is 42.7 Å². The van der Waals surface area contributed by atoms with Crippen molar-refractivity contribution >= 4 is 25.5 Å². The van der Waals surface area contributed by atoms with Crippen molar-refractivity contribution in [2.75, 3.05) is 13.2 Å². The predicted molar refractivity (Wildman–Crippen MR) is 212 cm³/mol. The maximum absolute atomic E-state index is 12.4. The molecule has 0 saturated heterocycles. The van der Waals surface area contributed by atoms with Gasteiger partial charge in [-0.3, -0.25) is 18.9 Å². The molecule has 1 atom stereocenters. The first-order valence-corrected chi connectivity index (χ1v) is 22.6. The van der Waals surface area contributed by atoms with E-state index < -0.39 is 32.5 Å². The van der Waals surface area contributed by atoms with Crippen LogP contribution in [0.1, 0.15) is 206 Å². The van der Waals surface area contributed by atoms with Crippen LogP contribution in [0.4, 0.5) is 0 Å². The van der Waals surface area contributed by atoms with Crippen LogP contribution in [0.2, 0.25) is 0 Å². The van der Waals surface area contributed by atoms with Gasteiger partial charge in [-0.2, -0.15) is 0 Å². The van der Waals surface area contributed by atoms with Crippen LogP contribution in [0.15, 0.2) is 24.3 Å². The number of esters is 2. The zero-order valence-electron chi connectivity index (χ0n) is 33.2. The summed E-state index contributed by atoms with van der Waals surface area (Å²) in [6.45, 7) is 3.55. The number of phosphoric acid groups is 1. The van der Waals surface area contributed by atoms with Gasteiger partial charge in [0.2, 0.25) is 0 Å². The summed E-state index contributed by atoms with van der Waals surface area (Å²) in [5.41, 5.74) is 0. The molecular weight excluding hydrogens is 679 g/mol. The lowest BCUT2D eigenvalue weighted by molar-refractivity contribution is -0.161. The number of rotatable bonds is 39. The van der Waals surface area contributed by atoms with E-state index in [1.807, 2.05) is 12.2 Å². The van der Waals surface area contributed by atoms with Crippen LogP contribution in [-0.2, 0) is 32.9 Å². The van der Waals surface area contributed by atoms with E-state index in [9.17, 15) is 18.9 Å². The van der Waals surface area contributed by atoms with Crippen LogP contribution < -0.4 is 0 Å². The number of allylic oxidation sites excluding steroid dienone is 4. The van der Waals surface area contributed by atoms with Gasteiger partial charge in [-0.1, -0.05) is 173 Å². The molecule has 0 aliphatic rings. The monoisotopic (exact) mass is 757 g/mol. The number of carbonyl (C=O) groups is 3. The molecular formula is C42H77O9P. The quantitative estimate of drug-likeness (QED) is 0.0206. The summed E-state index contributed by atoms with van der Waals surface area (Å²) in [7, 11) is -4.78. The van der Waals surface area contributed by atoms with Gasteiger partial charge in [0.1, 0.15) is 6.61 Å². The molecule has 0 bridgehead atoms. The van der Waals surface area contributed by atoms with Crippen LogP contribution >= 0.6 is 7.82 Å². The van der Waals surface area contributed by atoms with Gasteiger partial charge in [-0.25, -0.2) is 4.57 Å². The lowest BCUT2D eigenvalue weighted by Gasteiger charge is -2.18. The van der Waals surface area contributed by atoms with E-state index in [-0.39, 0.29) is 25.2 Å². The van der Waals surface area contributed by atoms with E-state index in [1.54, 1.807) is 6.08 Å². The number of ether oxygens (including phenoxy) is 2. The van der Waals surface area contributed by atoms with Gasteiger partial charge in [0, 0.05) is 19.3 Å². The molecule has 2 N–H and O–H groups in total. The van der Waals surface area contributed by atoms with E-state index in [0.717, 1.165) is 51.4 Å². The molecule has 0 aromatic carbocycles. The van der Waals surface area contributed by atoms with Crippen molar-refractivity contribution in [1.82, 2.24) is 0 Å². The van der Waals surface area contributed by atoms with Gasteiger partial charge in [0.25, 0.3) is 0 Å². The molecule has 0 saturated carbocycles. The summed E-state index contributed by atoms with van der Waals surface area (Å²) >= 11 is 0. The Morgan fingerprint density at radius 1 is 0.538 bits per heavy atom. The number of phosphoric ester groups is 1. The molecule has 0 aromatic rings. The van der Waals surface area contributed by atoms with E-state index in [0.29, 0.717) is 19.3 Å². The van der Waals surface area contributed by atoms with Crippen LogP contribution in [0.25, 0.3) is 0 Å². The van der Waals surface area contributed by atoms with Crippen molar-refractivity contribution in [2.24, 2.45) is 0 Å². The Morgan fingerprint density at radius 2 is 0.962 bits per heavy atom. The molecule has 9 nitrogen and oxygen atoms in total. The Bertz CT molecular complexity index is 959. The largest absolute Gasteiger partial charge is 0.469 e. The van der Waals surface area contributed by atoms with E-state index >= 15 is 0 Å². The molecule has 0 aromatic heterocycles. The first-order valence-electron chi connectivity index (χ1n) is 21.1. The Morgan fingerprint density at radius 3 is 1.44 bits per heavy atom. The van der Waals surface area contributed by atoms with Gasteiger partial charge in [-0.15, -0.1) is 0 Å². The fraction of sp³-hybridized carbons (Fsp3) is 0.833. The van der Waals surface area contributed by atoms with Crippen LogP contribution in [0.5, 0.6) is 0 Å². The first kappa shape index (κ1) is 50.2. The first-order chi connectivity index (χ1) is 25.2. The predicted octanol–water partition coefficient (Wildman–Crippen LogP) is 12.0. The third-order valence-corrected chi connectivity index (χ3v) is 9.68. The Hall–Kier alpha value is -1.80. The Labute approximate surface area is 317 Å². The highest BCUT2D eigenvalue weighted by atomic mass is 31.2. The Kier molecular flexibility index (Phi) is 36.2. The average molecular weight is 757 g/mol. The highest BCUT2D eigenvalue weighted by Gasteiger charge is 2.23. The lowest BCUT2D eigenvalue weighted by atomic mass is 10.0. The normalized spacial score (nSPS) is 12.5. The molecule has 10 heteroatoms. The average Bonchev–Trinajstić information content (AvgIpc) is 3.11. The molecule has 52 heavy (non-hydrogen) atoms. The maximum Gasteiger partial charge on any atom is 0.469 e. The number of ketones is 1. The van der Waals surface area contributed by atoms with E-state index in [2.05, 4.69) is 24.4 Å². The molecule has 304 valence electrons. The summed E-state index contributed by atoms with van der Waals surface area (Å²) in [6.07, 6.45) is 38.6. The minimum Gasteiger partial charge on any atom is -0.462 e. The van der Waals surface area contributed by atoms with Gasteiger partial charge in [-0.05, 0) is 38.2 Å². The van der Waals surface area contributed by atoms with Crippen LogP contribution in [-0.4, -0.2) is 46.8 Å². The molecule has 0 spiro atoms. The van der Waals surface area contributed by atoms with Crippen molar-refractivity contribution in [3.63, 3.8) is 0 Å². The van der Waals surface area contributed by atoms with Crippen LogP contribution in [0.3, 0.4) is 0 Å². The second kappa shape index (κ2) is 37.5. The SMILES string of the molecule is CCCCC/C=C\C=C\C(=O)CCCCCCCC(=O)OC[C@H](COP(=O)(O)O)OC(=O)CCCCCCCCCCCCCCCCCCCC. The summed E-state index contributed by atoms with van der Waals surface area (Å²) in [6, 6.07) is 0. The molecule has 0 rings (SSSR count). The topological polar surface area (TPSA) is 136 Å². The highest BCUT2D eigenvalue weighted by Crippen LogP contribution is 2.36. The van der Waals surface area contributed by atoms with E-state index in [1.165, 1.54) is 109 Å². The van der Waals surface area contributed by atoms with Gasteiger partial charge in [0.05, 0.1) is 6.61 Å². The van der Waals surface area contributed by atoms with Crippen molar-refractivity contribution in [3.05, 3.63) is 24.3 Å². The fourth-order valence-electron chi connectivity index (χ4n) is 6.00. The molecule has 0 unspecified atom stereocenters. The summed E-state index contributed by atoms with van der Waals surface area (Å²) in [5.74, 6) is -0.848. The van der Waals surface area contributed by atoms with Crippen molar-refractivity contribution in [3.8, 4) is 0 Å². The highest BCUT2D eigenvalue weighted by molar-refractivity contribution is 7.46. The van der Waals surface area contributed by atoms with Gasteiger partial charge >= 0.3 is 19.8 Å². The molecule has 0 heterocycles. The lowest BCUT2D eigenvalue weighted by Crippen LogP contribution is -2.29. The zero-order chi connectivity index (χ0) is 38.4. The Balaban J connectivity index is 3.96. The minimum absolute atomic E-state index is 0.121. The second-order valence-electron chi connectivity index (χ2n) is 14.4. The third kappa shape index (κ3) is 39.4. The molecule has 0 radical (unpaired) electrons. The standard InChI is InChI=1S/C42H77O9P/c1-3-5-7-9-11-12-13-14-15-16-17-18-19-20-21-23-27-32-36-42(45)51-40(38-50-52(46,47)48)37-49-41(44)35-31-28-24-26-30-34-39(43)33-29-25-22-10-8-6-4-2/h22,25,29,33,40H,3-21,23-24,26-28,30-32,34-38H2,1-2H3,(H2,46,47,48)/b25-22-,33-29+/t40-/m1/s1. The van der Waals surface area contributed by atoms with Crippen molar-refractivity contribution in [1.29, 1.82) is 0 Å². The zero-order valence-corrected chi connectivity index (χ0v) is 34.1. The minimum atomic E-state index is -4.78. The molecule has 0 aliphatic carbocycles. The second-order valence-corrected chi connectivity index (χ2v) is 15.6. The third-order valence-electron chi connectivity index (χ3n) is 9.20. The maximum atomic E-state index is 12.4. The van der Waals surface area contributed by atoms with Crippen LogP contribution in [0, 0.1) is 0 Å². The fourth-order valence-corrected chi connectivity index (χ4v) is 6.36. The van der Waals surface area contributed by atoms with Gasteiger partial charge in [0.15, 0.2) is 11.9 Å². The van der Waals surface area contributed by atoms with E-state index in [4.69, 9.17) is 19.3 Å². The van der Waals surface area contributed by atoms with Gasteiger partial charge < -0.3 is 19.3 Å². The number of hydrogen-bond donors (Lipinski definition) is 2. The summed E-state index contributed by atoms with van der Waals surface area (Å²) in [4.78, 5) is 54.8. The summed E-state index contributed by atoms with van der Waals surface area (Å²) < 4.78 is 26.3. The van der Waals surface area contributed by atoms with Crippen molar-refractivity contribution in [2.45, 2.75) is 213 Å². The number of carbonyl (C=O) groups excluding carboxylic acids is 3. The molecule has 0 fully saturated rings. The number of unbranched alkanes of at least 4 members (excludes halogenated alkanes) is 24. The molecule has 0 amide bonds. The smallest absolute Gasteiger partial charge is 0.462 e.